The lowest BCUT2D eigenvalue weighted by Crippen LogP contribution is -2.47. The Morgan fingerprint density at radius 3 is 2.82 bits per heavy atom. The zero-order valence-corrected chi connectivity index (χ0v) is 19.4. The standard InChI is InChI=1S/C26H31N5O2/c1-17(2)33-21-6-7-22-18(13-21)12-19(15-27-22)23-14-24-26(9-11-31(24)29-23)8-10-30(16-26)25(32)28-20-4-3-5-20/h6-7,12-15,17,20H,3-5,8-11,16H2,1-2H3,(H,28,32). The molecule has 172 valence electrons. The second kappa shape index (κ2) is 7.75. The number of aromatic nitrogens is 3. The van der Waals surface area contributed by atoms with E-state index in [9.17, 15) is 4.79 Å². The van der Waals surface area contributed by atoms with Crippen LogP contribution in [0.25, 0.3) is 22.2 Å². The van der Waals surface area contributed by atoms with Gasteiger partial charge in [-0.1, -0.05) is 0 Å². The number of likely N-dealkylation sites (tertiary alicyclic amines) is 1. The zero-order chi connectivity index (χ0) is 22.6. The van der Waals surface area contributed by atoms with E-state index in [0.29, 0.717) is 6.04 Å². The Bertz CT molecular complexity index is 1210. The van der Waals surface area contributed by atoms with Gasteiger partial charge < -0.3 is 15.0 Å². The summed E-state index contributed by atoms with van der Waals surface area (Å²) in [5.41, 5.74) is 4.19. The van der Waals surface area contributed by atoms with Crippen LogP contribution >= 0.6 is 0 Å². The molecular weight excluding hydrogens is 414 g/mol. The van der Waals surface area contributed by atoms with Crippen LogP contribution < -0.4 is 10.1 Å². The van der Waals surface area contributed by atoms with Crippen molar-refractivity contribution in [1.29, 1.82) is 0 Å². The molecule has 2 aromatic heterocycles. The number of aryl methyl sites for hydroxylation is 1. The second-order valence-corrected chi connectivity index (χ2v) is 10.2. The highest BCUT2D eigenvalue weighted by molar-refractivity contribution is 5.84. The summed E-state index contributed by atoms with van der Waals surface area (Å²) < 4.78 is 8.00. The van der Waals surface area contributed by atoms with E-state index in [0.717, 1.165) is 73.2 Å². The van der Waals surface area contributed by atoms with E-state index in [1.54, 1.807) is 0 Å². The molecule has 3 aliphatic rings. The minimum Gasteiger partial charge on any atom is -0.491 e. The number of nitrogens with zero attached hydrogens (tertiary/aromatic N) is 4. The molecule has 0 radical (unpaired) electrons. The molecule has 7 heteroatoms. The van der Waals surface area contributed by atoms with E-state index in [4.69, 9.17) is 9.84 Å². The largest absolute Gasteiger partial charge is 0.491 e. The van der Waals surface area contributed by atoms with Crippen LogP contribution in [0.2, 0.25) is 0 Å². The first-order valence-corrected chi connectivity index (χ1v) is 12.2. The highest BCUT2D eigenvalue weighted by Crippen LogP contribution is 2.44. The van der Waals surface area contributed by atoms with E-state index in [2.05, 4.69) is 27.1 Å². The molecule has 1 saturated heterocycles. The molecule has 1 aliphatic carbocycles. The molecule has 1 spiro atoms. The molecular formula is C26H31N5O2. The van der Waals surface area contributed by atoms with E-state index in [1.165, 1.54) is 12.1 Å². The summed E-state index contributed by atoms with van der Waals surface area (Å²) in [6.45, 7) is 6.56. The molecule has 1 saturated carbocycles. The minimum absolute atomic E-state index is 0.0186. The summed E-state index contributed by atoms with van der Waals surface area (Å²) >= 11 is 0. The predicted octanol–water partition coefficient (Wildman–Crippen LogP) is 4.49. The van der Waals surface area contributed by atoms with Crippen molar-refractivity contribution in [1.82, 2.24) is 25.0 Å². The Hall–Kier alpha value is -3.09. The summed E-state index contributed by atoms with van der Waals surface area (Å²) in [6.07, 6.45) is 7.55. The maximum absolute atomic E-state index is 12.7. The summed E-state index contributed by atoms with van der Waals surface area (Å²) in [4.78, 5) is 19.4. The topological polar surface area (TPSA) is 72.3 Å². The number of nitrogens with one attached hydrogen (secondary N) is 1. The Labute approximate surface area is 194 Å². The van der Waals surface area contributed by atoms with E-state index < -0.39 is 0 Å². The van der Waals surface area contributed by atoms with Crippen molar-refractivity contribution in [3.05, 3.63) is 42.2 Å². The number of carbonyl (C=O) groups excluding carboxylic acids is 1. The first-order valence-electron chi connectivity index (χ1n) is 12.2. The van der Waals surface area contributed by atoms with Gasteiger partial charge in [-0.25, -0.2) is 4.79 Å². The predicted molar refractivity (Wildman–Crippen MR) is 127 cm³/mol. The van der Waals surface area contributed by atoms with Gasteiger partial charge in [0.2, 0.25) is 0 Å². The Morgan fingerprint density at radius 1 is 1.18 bits per heavy atom. The Morgan fingerprint density at radius 2 is 2.03 bits per heavy atom. The van der Waals surface area contributed by atoms with Crippen LogP contribution in [0.3, 0.4) is 0 Å². The number of hydrogen-bond donors (Lipinski definition) is 1. The number of pyridine rings is 1. The number of ether oxygens (including phenoxy) is 1. The van der Waals surface area contributed by atoms with Crippen molar-refractivity contribution >= 4 is 16.9 Å². The lowest BCUT2D eigenvalue weighted by Gasteiger charge is -2.30. The summed E-state index contributed by atoms with van der Waals surface area (Å²) in [7, 11) is 0. The molecule has 33 heavy (non-hydrogen) atoms. The third-order valence-electron chi connectivity index (χ3n) is 7.52. The Balaban J connectivity index is 1.25. The minimum atomic E-state index is 0.0186. The Kier molecular flexibility index (Phi) is 4.82. The van der Waals surface area contributed by atoms with Gasteiger partial charge in [-0.05, 0) is 76.3 Å². The molecule has 3 aromatic rings. The van der Waals surface area contributed by atoms with Gasteiger partial charge >= 0.3 is 6.03 Å². The number of rotatable bonds is 4. The smallest absolute Gasteiger partial charge is 0.317 e. The fourth-order valence-electron chi connectivity index (χ4n) is 5.48. The van der Waals surface area contributed by atoms with Crippen LogP contribution in [0.4, 0.5) is 4.79 Å². The lowest BCUT2D eigenvalue weighted by atomic mass is 9.82. The molecule has 1 unspecified atom stereocenters. The van der Waals surface area contributed by atoms with E-state index in [1.807, 2.05) is 43.1 Å². The maximum Gasteiger partial charge on any atom is 0.317 e. The second-order valence-electron chi connectivity index (χ2n) is 10.2. The van der Waals surface area contributed by atoms with Gasteiger partial charge in [-0.15, -0.1) is 0 Å². The van der Waals surface area contributed by atoms with Crippen molar-refractivity contribution in [2.45, 2.75) is 70.1 Å². The molecule has 1 aromatic carbocycles. The van der Waals surface area contributed by atoms with Crippen LogP contribution in [0.5, 0.6) is 5.75 Å². The van der Waals surface area contributed by atoms with Gasteiger partial charge in [0, 0.05) is 53.9 Å². The van der Waals surface area contributed by atoms with Crippen LogP contribution in [-0.2, 0) is 12.0 Å². The third kappa shape index (κ3) is 3.63. The van der Waals surface area contributed by atoms with Gasteiger partial charge in [0.1, 0.15) is 5.75 Å². The van der Waals surface area contributed by atoms with Crippen molar-refractivity contribution in [3.8, 4) is 17.0 Å². The number of urea groups is 1. The van der Waals surface area contributed by atoms with Crippen LogP contribution in [0.15, 0.2) is 36.5 Å². The molecule has 1 N–H and O–H groups in total. The SMILES string of the molecule is CC(C)Oc1ccc2ncc(-c3cc4n(n3)CCC43CCN(C(=O)NC4CCC4)C3)cc2c1. The van der Waals surface area contributed by atoms with Gasteiger partial charge in [-0.2, -0.15) is 5.10 Å². The number of carbonyl (C=O) groups is 1. The third-order valence-corrected chi connectivity index (χ3v) is 7.52. The summed E-state index contributed by atoms with van der Waals surface area (Å²) in [6, 6.07) is 10.9. The average Bonchev–Trinajstić information content (AvgIpc) is 3.46. The zero-order valence-electron chi connectivity index (χ0n) is 19.4. The fourth-order valence-corrected chi connectivity index (χ4v) is 5.48. The maximum atomic E-state index is 12.7. The summed E-state index contributed by atoms with van der Waals surface area (Å²) in [5, 5.41) is 9.17. The van der Waals surface area contributed by atoms with Crippen molar-refractivity contribution in [3.63, 3.8) is 0 Å². The lowest BCUT2D eigenvalue weighted by molar-refractivity contribution is 0.193. The fraction of sp³-hybridized carbons (Fsp3) is 0.500. The highest BCUT2D eigenvalue weighted by atomic mass is 16.5. The van der Waals surface area contributed by atoms with E-state index >= 15 is 0 Å². The summed E-state index contributed by atoms with van der Waals surface area (Å²) in [5.74, 6) is 0.856. The molecule has 6 rings (SSSR count). The van der Waals surface area contributed by atoms with Gasteiger partial charge in [0.25, 0.3) is 0 Å². The van der Waals surface area contributed by atoms with Gasteiger partial charge in [-0.3, -0.25) is 9.67 Å². The molecule has 1 atom stereocenters. The normalized spacial score (nSPS) is 22.2. The van der Waals surface area contributed by atoms with Crippen molar-refractivity contribution in [2.24, 2.45) is 0 Å². The van der Waals surface area contributed by atoms with Gasteiger partial charge in [0.05, 0.1) is 17.3 Å². The average molecular weight is 446 g/mol. The van der Waals surface area contributed by atoms with E-state index in [-0.39, 0.29) is 17.6 Å². The highest BCUT2D eigenvalue weighted by Gasteiger charge is 2.47. The van der Waals surface area contributed by atoms with Crippen molar-refractivity contribution < 1.29 is 9.53 Å². The van der Waals surface area contributed by atoms with Crippen molar-refractivity contribution in [2.75, 3.05) is 13.1 Å². The van der Waals surface area contributed by atoms with Gasteiger partial charge in [0.15, 0.2) is 0 Å². The van der Waals surface area contributed by atoms with Crippen LogP contribution in [0, 0.1) is 0 Å². The number of amides is 2. The molecule has 7 nitrogen and oxygen atoms in total. The van der Waals surface area contributed by atoms with Crippen LogP contribution in [0.1, 0.15) is 51.6 Å². The molecule has 2 amide bonds. The van der Waals surface area contributed by atoms with Crippen LogP contribution in [-0.4, -0.2) is 50.9 Å². The monoisotopic (exact) mass is 445 g/mol. The molecule has 0 bridgehead atoms. The first-order chi connectivity index (χ1) is 16.0. The molecule has 2 fully saturated rings. The number of fused-ring (bicyclic) bond motifs is 3. The molecule has 2 aliphatic heterocycles. The quantitative estimate of drug-likeness (QED) is 0.642. The number of hydrogen-bond acceptors (Lipinski definition) is 4. The first kappa shape index (κ1) is 20.5. The molecule has 4 heterocycles. The number of benzene rings is 1.